The fourth-order valence-electron chi connectivity index (χ4n) is 6.18. The molecule has 3 aromatic carbocycles. The molecule has 0 amide bonds. The lowest BCUT2D eigenvalue weighted by Crippen LogP contribution is -2.14. The Bertz CT molecular complexity index is 1980. The number of hydrogen-bond donors (Lipinski definition) is 1. The van der Waals surface area contributed by atoms with E-state index < -0.39 is 0 Å². The van der Waals surface area contributed by atoms with Crippen LogP contribution >= 0.6 is 0 Å². The smallest absolute Gasteiger partial charge is 0.138 e. The van der Waals surface area contributed by atoms with Crippen molar-refractivity contribution in [1.82, 2.24) is 14.5 Å². The summed E-state index contributed by atoms with van der Waals surface area (Å²) < 4.78 is 2.07. The number of aromatic nitrogens is 3. The molecule has 0 bridgehead atoms. The Labute approximate surface area is 233 Å². The normalized spacial score (nSPS) is 13.2. The Morgan fingerprint density at radius 2 is 1.43 bits per heavy atom. The number of para-hydroxylation sites is 1. The maximum absolute atomic E-state index is 8.02. The third kappa shape index (κ3) is 3.50. The van der Waals surface area contributed by atoms with Crippen LogP contribution < -0.4 is 0 Å². The lowest BCUT2D eigenvalue weighted by atomic mass is 9.82. The summed E-state index contributed by atoms with van der Waals surface area (Å²) >= 11 is 0. The molecule has 0 saturated carbocycles. The number of nitrogens with one attached hydrogen (secondary N) is 1. The van der Waals surface area contributed by atoms with Crippen molar-refractivity contribution in [1.29, 1.82) is 5.41 Å². The van der Waals surface area contributed by atoms with Gasteiger partial charge in [-0.25, -0.2) is 9.97 Å². The summed E-state index contributed by atoms with van der Waals surface area (Å²) in [6.45, 7) is 8.63. The number of rotatable bonds is 5. The van der Waals surface area contributed by atoms with Gasteiger partial charge in [0, 0.05) is 28.1 Å². The van der Waals surface area contributed by atoms with Crippen LogP contribution in [0.15, 0.2) is 110 Å². The fraction of sp³-hybridized carbons (Fsp3) is 0.0833. The molecular weight excluding hydrogens is 488 g/mol. The number of hydrogen-bond acceptors (Lipinski definition) is 3. The quantitative estimate of drug-likeness (QED) is 0.233. The minimum atomic E-state index is -0.0623. The predicted molar refractivity (Wildman–Crippen MR) is 165 cm³/mol. The molecule has 0 spiro atoms. The van der Waals surface area contributed by atoms with E-state index in [9.17, 15) is 0 Å². The van der Waals surface area contributed by atoms with Gasteiger partial charge in [0.2, 0.25) is 0 Å². The molecule has 0 saturated heterocycles. The lowest BCUT2D eigenvalue weighted by Gasteiger charge is -2.21. The van der Waals surface area contributed by atoms with E-state index in [2.05, 4.69) is 79.6 Å². The minimum absolute atomic E-state index is 0.0623. The van der Waals surface area contributed by atoms with Crippen molar-refractivity contribution < 1.29 is 0 Å². The van der Waals surface area contributed by atoms with E-state index in [0.29, 0.717) is 0 Å². The van der Waals surface area contributed by atoms with E-state index >= 15 is 0 Å². The Balaban J connectivity index is 1.32. The third-order valence-corrected chi connectivity index (χ3v) is 8.14. The highest BCUT2D eigenvalue weighted by molar-refractivity contribution is 6.03. The first-order chi connectivity index (χ1) is 19.5. The molecule has 40 heavy (non-hydrogen) atoms. The number of benzene rings is 3. The average Bonchev–Trinajstić information content (AvgIpc) is 3.45. The van der Waals surface area contributed by atoms with Crippen LogP contribution in [0.2, 0.25) is 0 Å². The van der Waals surface area contributed by atoms with Crippen LogP contribution in [0.3, 0.4) is 0 Å². The Hall–Kier alpha value is -5.09. The van der Waals surface area contributed by atoms with Gasteiger partial charge in [-0.15, -0.1) is 0 Å². The molecule has 0 aliphatic heterocycles. The summed E-state index contributed by atoms with van der Waals surface area (Å²) in [5, 5.41) is 9.02. The zero-order valence-electron chi connectivity index (χ0n) is 22.5. The van der Waals surface area contributed by atoms with Gasteiger partial charge in [0.25, 0.3) is 0 Å². The van der Waals surface area contributed by atoms with Crippen molar-refractivity contribution >= 4 is 23.2 Å². The minimum Gasteiger partial charge on any atom is -0.308 e. The maximum atomic E-state index is 8.02. The second-order valence-corrected chi connectivity index (χ2v) is 10.7. The monoisotopic (exact) mass is 516 g/mol. The number of fused-ring (bicyclic) bond motifs is 4. The zero-order valence-corrected chi connectivity index (χ0v) is 22.5. The Morgan fingerprint density at radius 1 is 0.725 bits per heavy atom. The molecule has 192 valence electrons. The van der Waals surface area contributed by atoms with E-state index in [1.54, 1.807) is 6.08 Å². The highest BCUT2D eigenvalue weighted by Gasteiger charge is 2.35. The Kier molecular flexibility index (Phi) is 5.39. The number of nitrogens with zero attached hydrogens (tertiary/aromatic N) is 3. The van der Waals surface area contributed by atoms with Crippen LogP contribution in [0, 0.1) is 5.41 Å². The summed E-state index contributed by atoms with van der Waals surface area (Å²) in [5.74, 6) is 0.765. The van der Waals surface area contributed by atoms with Crippen LogP contribution in [-0.4, -0.2) is 20.7 Å². The molecule has 1 aliphatic rings. The van der Waals surface area contributed by atoms with Crippen molar-refractivity contribution in [3.05, 3.63) is 132 Å². The van der Waals surface area contributed by atoms with Crippen LogP contribution in [0.1, 0.15) is 36.2 Å². The molecule has 3 aromatic heterocycles. The fourth-order valence-corrected chi connectivity index (χ4v) is 6.18. The first-order valence-electron chi connectivity index (χ1n) is 13.5. The van der Waals surface area contributed by atoms with Gasteiger partial charge in [0.15, 0.2) is 0 Å². The zero-order chi connectivity index (χ0) is 27.4. The highest BCUT2D eigenvalue weighted by Crippen LogP contribution is 2.49. The van der Waals surface area contributed by atoms with Crippen LogP contribution in [-0.2, 0) is 5.41 Å². The average molecular weight is 517 g/mol. The van der Waals surface area contributed by atoms with Gasteiger partial charge in [0.1, 0.15) is 5.82 Å². The molecule has 0 atom stereocenters. The van der Waals surface area contributed by atoms with E-state index in [4.69, 9.17) is 15.4 Å². The summed E-state index contributed by atoms with van der Waals surface area (Å²) in [5.41, 5.74) is 11.5. The highest BCUT2D eigenvalue weighted by atomic mass is 15.1. The maximum Gasteiger partial charge on any atom is 0.138 e. The molecule has 0 unspecified atom stereocenters. The second-order valence-electron chi connectivity index (χ2n) is 10.7. The van der Waals surface area contributed by atoms with Gasteiger partial charge in [-0.05, 0) is 64.7 Å². The standard InChI is InChI=1S/C36H28N4/c1-4-33-27(22-37)26-12-6-8-17-34(26)40(33)35-18-10-16-32(39-35)31-15-9-14-30(38-31)23-19-20-25-24-11-5-7-13-28(24)36(2,3)29(25)21-23/h4-22,37H,1H2,2-3H3. The van der Waals surface area contributed by atoms with Gasteiger partial charge in [0.05, 0.1) is 28.3 Å². The predicted octanol–water partition coefficient (Wildman–Crippen LogP) is 8.70. The molecule has 3 heterocycles. The van der Waals surface area contributed by atoms with Crippen molar-refractivity contribution in [3.63, 3.8) is 0 Å². The summed E-state index contributed by atoms with van der Waals surface area (Å²) in [7, 11) is 0. The molecular formula is C36H28N4. The van der Waals surface area contributed by atoms with E-state index in [1.807, 2.05) is 48.5 Å². The van der Waals surface area contributed by atoms with Crippen molar-refractivity contribution in [2.45, 2.75) is 19.3 Å². The van der Waals surface area contributed by atoms with E-state index in [-0.39, 0.29) is 5.41 Å². The van der Waals surface area contributed by atoms with Crippen molar-refractivity contribution in [2.24, 2.45) is 0 Å². The molecule has 4 heteroatoms. The van der Waals surface area contributed by atoms with Crippen molar-refractivity contribution in [3.8, 4) is 39.6 Å². The largest absolute Gasteiger partial charge is 0.308 e. The molecule has 1 N–H and O–H groups in total. The van der Waals surface area contributed by atoms with Crippen LogP contribution in [0.5, 0.6) is 0 Å². The lowest BCUT2D eigenvalue weighted by molar-refractivity contribution is 0.660. The first-order valence-corrected chi connectivity index (χ1v) is 13.5. The summed E-state index contributed by atoms with van der Waals surface area (Å²) in [6.07, 6.45) is 3.18. The summed E-state index contributed by atoms with van der Waals surface area (Å²) in [6, 6.07) is 35.6. The SMILES string of the molecule is C=Cc1c(C=N)c2ccccc2n1-c1cccc(-c2cccc(-c3ccc4c(c3)C(C)(C)c3ccccc3-4)n2)n1. The van der Waals surface area contributed by atoms with Crippen molar-refractivity contribution in [2.75, 3.05) is 0 Å². The van der Waals surface area contributed by atoms with Gasteiger partial charge in [-0.1, -0.05) is 87.2 Å². The van der Waals surface area contributed by atoms with Gasteiger partial charge in [-0.3, -0.25) is 4.57 Å². The molecule has 4 nitrogen and oxygen atoms in total. The molecule has 0 radical (unpaired) electrons. The topological polar surface area (TPSA) is 54.6 Å². The number of pyridine rings is 2. The molecule has 6 aromatic rings. The van der Waals surface area contributed by atoms with Crippen LogP contribution in [0.4, 0.5) is 0 Å². The first kappa shape index (κ1) is 24.0. The van der Waals surface area contributed by atoms with Gasteiger partial charge < -0.3 is 5.41 Å². The van der Waals surface area contributed by atoms with E-state index in [0.717, 1.165) is 50.6 Å². The van der Waals surface area contributed by atoms with Gasteiger partial charge in [-0.2, -0.15) is 0 Å². The van der Waals surface area contributed by atoms with E-state index in [1.165, 1.54) is 28.5 Å². The Morgan fingerprint density at radius 3 is 2.25 bits per heavy atom. The molecule has 0 fully saturated rings. The summed E-state index contributed by atoms with van der Waals surface area (Å²) in [4.78, 5) is 10.1. The second kappa shape index (κ2) is 8.99. The van der Waals surface area contributed by atoms with Gasteiger partial charge >= 0.3 is 0 Å². The molecule has 7 rings (SSSR count). The molecule has 1 aliphatic carbocycles. The van der Waals surface area contributed by atoms with Crippen LogP contribution in [0.25, 0.3) is 56.6 Å². The third-order valence-electron chi connectivity index (χ3n) is 8.14.